The Kier molecular flexibility index (Phi) is 3.43. The van der Waals surface area contributed by atoms with Gasteiger partial charge in [0.15, 0.2) is 0 Å². The molecule has 0 amide bonds. The van der Waals surface area contributed by atoms with Crippen LogP contribution in [0, 0.1) is 11.3 Å². The molecule has 0 aromatic carbocycles. The lowest BCUT2D eigenvalue weighted by atomic mass is 9.65. The predicted octanol–water partition coefficient (Wildman–Crippen LogP) is 2.91. The van der Waals surface area contributed by atoms with Gasteiger partial charge in [-0.25, -0.2) is 0 Å². The number of rotatable bonds is 2. The van der Waals surface area contributed by atoms with Gasteiger partial charge in [-0.15, -0.1) is 0 Å². The molecule has 0 radical (unpaired) electrons. The molecule has 0 aromatic heterocycles. The molecule has 3 unspecified atom stereocenters. The van der Waals surface area contributed by atoms with Gasteiger partial charge < -0.3 is 5.32 Å². The highest BCUT2D eigenvalue weighted by molar-refractivity contribution is 8.00. The third-order valence-corrected chi connectivity index (χ3v) is 5.76. The van der Waals surface area contributed by atoms with Crippen LogP contribution >= 0.6 is 11.8 Å². The van der Waals surface area contributed by atoms with E-state index in [2.05, 4.69) is 30.9 Å². The van der Waals surface area contributed by atoms with Crippen LogP contribution in [0.15, 0.2) is 0 Å². The zero-order valence-electron chi connectivity index (χ0n) is 9.51. The molecule has 3 atom stereocenters. The maximum Gasteiger partial charge on any atom is 0.00790 e. The van der Waals surface area contributed by atoms with Crippen molar-refractivity contribution in [3.8, 4) is 0 Å². The van der Waals surface area contributed by atoms with Crippen LogP contribution in [-0.2, 0) is 0 Å². The SMILES string of the molecule is CCCC1CNCCC12CCSC2C. The van der Waals surface area contributed by atoms with Crippen LogP contribution in [0.25, 0.3) is 0 Å². The fourth-order valence-electron chi connectivity index (χ4n) is 3.40. The Morgan fingerprint density at radius 1 is 1.43 bits per heavy atom. The fraction of sp³-hybridized carbons (Fsp3) is 1.00. The quantitative estimate of drug-likeness (QED) is 0.757. The Morgan fingerprint density at radius 2 is 2.29 bits per heavy atom. The van der Waals surface area contributed by atoms with Gasteiger partial charge in [-0.2, -0.15) is 11.8 Å². The molecular formula is C12H23NS. The summed E-state index contributed by atoms with van der Waals surface area (Å²) in [5, 5.41) is 4.49. The number of nitrogens with one attached hydrogen (secondary N) is 1. The summed E-state index contributed by atoms with van der Waals surface area (Å²) < 4.78 is 0. The molecule has 2 aliphatic rings. The second kappa shape index (κ2) is 4.44. The van der Waals surface area contributed by atoms with E-state index in [4.69, 9.17) is 0 Å². The average molecular weight is 213 g/mol. The first-order chi connectivity index (χ1) is 6.79. The highest BCUT2D eigenvalue weighted by atomic mass is 32.2. The molecule has 1 N–H and O–H groups in total. The van der Waals surface area contributed by atoms with Crippen molar-refractivity contribution in [2.45, 2.75) is 44.8 Å². The summed E-state index contributed by atoms with van der Waals surface area (Å²) in [5.41, 5.74) is 0.700. The van der Waals surface area contributed by atoms with E-state index in [1.807, 2.05) is 0 Å². The van der Waals surface area contributed by atoms with E-state index in [1.54, 1.807) is 0 Å². The molecule has 2 fully saturated rings. The van der Waals surface area contributed by atoms with Crippen molar-refractivity contribution in [3.63, 3.8) is 0 Å². The number of hydrogen-bond donors (Lipinski definition) is 1. The van der Waals surface area contributed by atoms with Crippen molar-refractivity contribution < 1.29 is 0 Å². The first-order valence-electron chi connectivity index (χ1n) is 6.12. The molecule has 14 heavy (non-hydrogen) atoms. The van der Waals surface area contributed by atoms with E-state index >= 15 is 0 Å². The van der Waals surface area contributed by atoms with E-state index in [-0.39, 0.29) is 0 Å². The summed E-state index contributed by atoms with van der Waals surface area (Å²) in [6.45, 7) is 7.32. The minimum absolute atomic E-state index is 0.700. The van der Waals surface area contributed by atoms with E-state index in [0.29, 0.717) is 5.41 Å². The molecule has 0 aliphatic carbocycles. The second-order valence-electron chi connectivity index (χ2n) is 4.94. The Hall–Kier alpha value is 0.310. The lowest BCUT2D eigenvalue weighted by molar-refractivity contribution is 0.104. The Bertz CT molecular complexity index is 193. The lowest BCUT2D eigenvalue weighted by Gasteiger charge is -2.44. The minimum atomic E-state index is 0.700. The Labute approximate surface area is 92.4 Å². The summed E-state index contributed by atoms with van der Waals surface area (Å²) in [5.74, 6) is 2.35. The Morgan fingerprint density at radius 3 is 2.93 bits per heavy atom. The Balaban J connectivity index is 2.11. The summed E-state index contributed by atoms with van der Waals surface area (Å²) >= 11 is 2.20. The van der Waals surface area contributed by atoms with Crippen molar-refractivity contribution >= 4 is 11.8 Å². The molecule has 2 rings (SSSR count). The summed E-state index contributed by atoms with van der Waals surface area (Å²) in [6, 6.07) is 0. The number of piperidine rings is 1. The van der Waals surface area contributed by atoms with Crippen LogP contribution in [0.4, 0.5) is 0 Å². The molecular weight excluding hydrogens is 190 g/mol. The van der Waals surface area contributed by atoms with Crippen LogP contribution in [-0.4, -0.2) is 24.1 Å². The van der Waals surface area contributed by atoms with Crippen LogP contribution < -0.4 is 5.32 Å². The van der Waals surface area contributed by atoms with Gasteiger partial charge in [-0.1, -0.05) is 20.3 Å². The third kappa shape index (κ3) is 1.71. The van der Waals surface area contributed by atoms with Crippen LogP contribution in [0.2, 0.25) is 0 Å². The van der Waals surface area contributed by atoms with Gasteiger partial charge in [0.25, 0.3) is 0 Å². The molecule has 2 heterocycles. The smallest absolute Gasteiger partial charge is 0.00790 e. The number of hydrogen-bond acceptors (Lipinski definition) is 2. The van der Waals surface area contributed by atoms with Crippen molar-refractivity contribution in [3.05, 3.63) is 0 Å². The minimum Gasteiger partial charge on any atom is -0.316 e. The summed E-state index contributed by atoms with van der Waals surface area (Å²) in [6.07, 6.45) is 5.68. The van der Waals surface area contributed by atoms with Gasteiger partial charge in [-0.05, 0) is 49.4 Å². The van der Waals surface area contributed by atoms with Crippen LogP contribution in [0.5, 0.6) is 0 Å². The van der Waals surface area contributed by atoms with Crippen molar-refractivity contribution in [1.82, 2.24) is 5.32 Å². The molecule has 2 aliphatic heterocycles. The van der Waals surface area contributed by atoms with Crippen LogP contribution in [0.1, 0.15) is 39.5 Å². The summed E-state index contributed by atoms with van der Waals surface area (Å²) in [7, 11) is 0. The zero-order valence-corrected chi connectivity index (χ0v) is 10.3. The van der Waals surface area contributed by atoms with E-state index in [0.717, 1.165) is 11.2 Å². The standard InChI is InChI=1S/C12H23NS/c1-3-4-11-9-13-7-5-12(11)6-8-14-10(12)2/h10-11,13H,3-9H2,1-2H3. The first-order valence-corrected chi connectivity index (χ1v) is 7.17. The van der Waals surface area contributed by atoms with Gasteiger partial charge in [0, 0.05) is 5.25 Å². The van der Waals surface area contributed by atoms with E-state index in [1.165, 1.54) is 44.5 Å². The topological polar surface area (TPSA) is 12.0 Å². The first kappa shape index (κ1) is 10.8. The van der Waals surface area contributed by atoms with Gasteiger partial charge in [0.2, 0.25) is 0 Å². The lowest BCUT2D eigenvalue weighted by Crippen LogP contribution is -2.47. The van der Waals surface area contributed by atoms with Gasteiger partial charge in [0.05, 0.1) is 0 Å². The molecule has 1 spiro atoms. The van der Waals surface area contributed by atoms with E-state index < -0.39 is 0 Å². The van der Waals surface area contributed by atoms with E-state index in [9.17, 15) is 0 Å². The molecule has 1 nitrogen and oxygen atoms in total. The maximum absolute atomic E-state index is 3.58. The number of thioether (sulfide) groups is 1. The van der Waals surface area contributed by atoms with Crippen LogP contribution in [0.3, 0.4) is 0 Å². The predicted molar refractivity (Wildman–Crippen MR) is 64.9 cm³/mol. The van der Waals surface area contributed by atoms with Gasteiger partial charge >= 0.3 is 0 Å². The normalized spacial score (nSPS) is 43.3. The molecule has 82 valence electrons. The molecule has 0 bridgehead atoms. The van der Waals surface area contributed by atoms with Crippen molar-refractivity contribution in [2.75, 3.05) is 18.8 Å². The zero-order chi connectivity index (χ0) is 10.0. The monoisotopic (exact) mass is 213 g/mol. The van der Waals surface area contributed by atoms with Crippen molar-refractivity contribution in [2.24, 2.45) is 11.3 Å². The second-order valence-corrected chi connectivity index (χ2v) is 6.38. The maximum atomic E-state index is 3.58. The highest BCUT2D eigenvalue weighted by Crippen LogP contribution is 2.52. The largest absolute Gasteiger partial charge is 0.316 e. The molecule has 0 saturated carbocycles. The fourth-order valence-corrected chi connectivity index (χ4v) is 5.01. The highest BCUT2D eigenvalue weighted by Gasteiger charge is 2.47. The van der Waals surface area contributed by atoms with Gasteiger partial charge in [-0.3, -0.25) is 0 Å². The average Bonchev–Trinajstić information content (AvgIpc) is 2.54. The molecule has 0 aromatic rings. The van der Waals surface area contributed by atoms with Crippen molar-refractivity contribution in [1.29, 1.82) is 0 Å². The third-order valence-electron chi connectivity index (χ3n) is 4.35. The summed E-state index contributed by atoms with van der Waals surface area (Å²) in [4.78, 5) is 0. The molecule has 2 saturated heterocycles. The van der Waals surface area contributed by atoms with Gasteiger partial charge in [0.1, 0.15) is 0 Å². The molecule has 2 heteroatoms.